The molecule has 3 aromatic carbocycles. The summed E-state index contributed by atoms with van der Waals surface area (Å²) in [6.07, 6.45) is 1.39. The summed E-state index contributed by atoms with van der Waals surface area (Å²) in [4.78, 5) is 39.2. The topological polar surface area (TPSA) is 103 Å². The van der Waals surface area contributed by atoms with E-state index < -0.39 is 17.8 Å². The lowest BCUT2D eigenvalue weighted by Crippen LogP contribution is -2.54. The normalized spacial score (nSPS) is 15.8. The van der Waals surface area contributed by atoms with Crippen LogP contribution in [-0.2, 0) is 16.2 Å². The fraction of sp³-hybridized carbons (Fsp3) is 0.115. The quantitative estimate of drug-likeness (QED) is 0.357. The van der Waals surface area contributed by atoms with E-state index in [4.69, 9.17) is 18.9 Å². The lowest BCUT2D eigenvalue weighted by Gasteiger charge is -2.26. The number of ether oxygens (including phenoxy) is 4. The summed E-state index contributed by atoms with van der Waals surface area (Å²) in [5.41, 5.74) is 1.49. The highest BCUT2D eigenvalue weighted by Crippen LogP contribution is 2.39. The molecular formula is C26H19BrN2O7. The molecule has 0 aromatic heterocycles. The Morgan fingerprint density at radius 1 is 1.03 bits per heavy atom. The molecule has 1 N–H and O–H groups in total. The molecular weight excluding hydrogens is 532 g/mol. The van der Waals surface area contributed by atoms with Gasteiger partial charge in [-0.1, -0.05) is 30.3 Å². The molecule has 0 saturated carbocycles. The van der Waals surface area contributed by atoms with Gasteiger partial charge in [-0.25, -0.2) is 9.69 Å². The second kappa shape index (κ2) is 9.74. The van der Waals surface area contributed by atoms with E-state index in [0.717, 1.165) is 10.5 Å². The molecule has 0 atom stereocenters. The number of urea groups is 1. The van der Waals surface area contributed by atoms with Gasteiger partial charge in [0.25, 0.3) is 11.8 Å². The molecule has 3 aromatic rings. The highest BCUT2D eigenvalue weighted by Gasteiger charge is 2.37. The minimum atomic E-state index is -0.857. The maximum Gasteiger partial charge on any atom is 0.335 e. The summed E-state index contributed by atoms with van der Waals surface area (Å²) in [7, 11) is 1.49. The zero-order valence-electron chi connectivity index (χ0n) is 18.9. The molecule has 0 radical (unpaired) electrons. The molecule has 10 heteroatoms. The van der Waals surface area contributed by atoms with Crippen LogP contribution in [0.5, 0.6) is 23.0 Å². The average Bonchev–Trinajstić information content (AvgIpc) is 3.34. The number of carbonyl (C=O) groups excluding carboxylic acids is 3. The van der Waals surface area contributed by atoms with Crippen molar-refractivity contribution >= 4 is 45.5 Å². The van der Waals surface area contributed by atoms with Gasteiger partial charge >= 0.3 is 6.03 Å². The van der Waals surface area contributed by atoms with Gasteiger partial charge in [-0.15, -0.1) is 0 Å². The Bertz CT molecular complexity index is 1400. The molecule has 9 nitrogen and oxygen atoms in total. The van der Waals surface area contributed by atoms with Crippen molar-refractivity contribution in [2.75, 3.05) is 18.8 Å². The Kier molecular flexibility index (Phi) is 6.34. The third kappa shape index (κ3) is 4.50. The zero-order chi connectivity index (χ0) is 25.2. The molecule has 36 heavy (non-hydrogen) atoms. The third-order valence-corrected chi connectivity index (χ3v) is 6.09. The Balaban J connectivity index is 1.44. The second-order valence-electron chi connectivity index (χ2n) is 7.80. The maximum atomic E-state index is 13.3. The molecule has 0 bridgehead atoms. The lowest BCUT2D eigenvalue weighted by molar-refractivity contribution is -0.122. The van der Waals surface area contributed by atoms with Gasteiger partial charge in [0.15, 0.2) is 23.0 Å². The van der Waals surface area contributed by atoms with Crippen molar-refractivity contribution in [3.8, 4) is 23.0 Å². The minimum absolute atomic E-state index is 0.0460. The van der Waals surface area contributed by atoms with Crippen LogP contribution in [0, 0.1) is 0 Å². The minimum Gasteiger partial charge on any atom is -0.493 e. The number of imide groups is 2. The highest BCUT2D eigenvalue weighted by molar-refractivity contribution is 9.10. The van der Waals surface area contributed by atoms with Gasteiger partial charge < -0.3 is 18.9 Å². The van der Waals surface area contributed by atoms with Gasteiger partial charge in [-0.3, -0.25) is 14.9 Å². The molecule has 182 valence electrons. The van der Waals surface area contributed by atoms with Crippen LogP contribution in [0.2, 0.25) is 0 Å². The largest absolute Gasteiger partial charge is 0.493 e. The summed E-state index contributed by atoms with van der Waals surface area (Å²) >= 11 is 3.48. The number of barbiturate groups is 1. The van der Waals surface area contributed by atoms with Crippen molar-refractivity contribution < 1.29 is 33.3 Å². The number of benzene rings is 3. The van der Waals surface area contributed by atoms with Gasteiger partial charge in [0, 0.05) is 6.07 Å². The highest BCUT2D eigenvalue weighted by atomic mass is 79.9. The van der Waals surface area contributed by atoms with E-state index in [1.165, 1.54) is 25.3 Å². The van der Waals surface area contributed by atoms with E-state index in [9.17, 15) is 14.4 Å². The first-order valence-electron chi connectivity index (χ1n) is 10.8. The Morgan fingerprint density at radius 2 is 1.81 bits per heavy atom. The standard InChI is InChI=1S/C26H19BrN2O7/c1-33-22-11-16(10-19(27)23(22)34-13-15-5-3-2-4-6-15)9-18-24(30)28-26(32)29(25(18)31)17-7-8-20-21(12-17)36-14-35-20/h2-12H,13-14H2,1H3,(H,28,30,32)/b18-9+. The predicted octanol–water partition coefficient (Wildman–Crippen LogP) is 4.43. The second-order valence-corrected chi connectivity index (χ2v) is 8.66. The number of rotatable bonds is 6. The summed E-state index contributed by atoms with van der Waals surface area (Å²) in [6, 6.07) is 16.8. The summed E-state index contributed by atoms with van der Waals surface area (Å²) in [5, 5.41) is 2.21. The first-order valence-corrected chi connectivity index (χ1v) is 11.6. The first kappa shape index (κ1) is 23.4. The maximum absolute atomic E-state index is 13.3. The summed E-state index contributed by atoms with van der Waals surface area (Å²) in [6.45, 7) is 0.369. The van der Waals surface area contributed by atoms with Crippen molar-refractivity contribution in [3.63, 3.8) is 0 Å². The van der Waals surface area contributed by atoms with Crippen molar-refractivity contribution in [3.05, 3.63) is 81.8 Å². The van der Waals surface area contributed by atoms with E-state index in [0.29, 0.717) is 39.6 Å². The monoisotopic (exact) mass is 550 g/mol. The number of fused-ring (bicyclic) bond motifs is 1. The molecule has 5 rings (SSSR count). The van der Waals surface area contributed by atoms with E-state index in [1.807, 2.05) is 30.3 Å². The molecule has 0 aliphatic carbocycles. The first-order chi connectivity index (χ1) is 17.4. The third-order valence-electron chi connectivity index (χ3n) is 5.50. The number of carbonyl (C=O) groups is 3. The van der Waals surface area contributed by atoms with Crippen LogP contribution in [-0.4, -0.2) is 31.7 Å². The van der Waals surface area contributed by atoms with Crippen LogP contribution in [0.25, 0.3) is 6.08 Å². The molecule has 4 amide bonds. The molecule has 2 aliphatic heterocycles. The fourth-order valence-corrected chi connectivity index (χ4v) is 4.35. The molecule has 0 unspecified atom stereocenters. The van der Waals surface area contributed by atoms with Gasteiger partial charge in [0.1, 0.15) is 12.2 Å². The number of nitrogens with zero attached hydrogens (tertiary/aromatic N) is 1. The van der Waals surface area contributed by atoms with Crippen LogP contribution in [0.1, 0.15) is 11.1 Å². The van der Waals surface area contributed by atoms with Gasteiger partial charge in [0.05, 0.1) is 17.3 Å². The van der Waals surface area contributed by atoms with Crippen LogP contribution in [0.3, 0.4) is 0 Å². The number of nitrogens with one attached hydrogen (secondary N) is 1. The van der Waals surface area contributed by atoms with Crippen LogP contribution >= 0.6 is 15.9 Å². The van der Waals surface area contributed by atoms with E-state index in [2.05, 4.69) is 21.2 Å². The Hall–Kier alpha value is -4.31. The summed E-state index contributed by atoms with van der Waals surface area (Å²) < 4.78 is 22.6. The Morgan fingerprint density at radius 3 is 2.58 bits per heavy atom. The van der Waals surface area contributed by atoms with Gasteiger partial charge in [-0.05, 0) is 57.4 Å². The molecule has 1 saturated heterocycles. The van der Waals surface area contributed by atoms with Crippen molar-refractivity contribution in [2.24, 2.45) is 0 Å². The lowest BCUT2D eigenvalue weighted by atomic mass is 10.1. The number of anilines is 1. The number of methoxy groups -OCH3 is 1. The Labute approximate surface area is 214 Å². The number of amides is 4. The van der Waals surface area contributed by atoms with Crippen molar-refractivity contribution in [1.82, 2.24) is 5.32 Å². The summed E-state index contributed by atoms with van der Waals surface area (Å²) in [5.74, 6) is 0.195. The fourth-order valence-electron chi connectivity index (χ4n) is 3.78. The molecule has 1 fully saturated rings. The van der Waals surface area contributed by atoms with Crippen molar-refractivity contribution in [2.45, 2.75) is 6.61 Å². The van der Waals surface area contributed by atoms with Gasteiger partial charge in [0.2, 0.25) is 6.79 Å². The van der Waals surface area contributed by atoms with Crippen LogP contribution in [0.15, 0.2) is 70.7 Å². The smallest absolute Gasteiger partial charge is 0.335 e. The molecule has 2 aliphatic rings. The van der Waals surface area contributed by atoms with Crippen LogP contribution in [0.4, 0.5) is 10.5 Å². The molecule has 0 spiro atoms. The van der Waals surface area contributed by atoms with E-state index >= 15 is 0 Å². The average molecular weight is 551 g/mol. The van der Waals surface area contributed by atoms with E-state index in [1.54, 1.807) is 18.2 Å². The zero-order valence-corrected chi connectivity index (χ0v) is 20.5. The van der Waals surface area contributed by atoms with Crippen molar-refractivity contribution in [1.29, 1.82) is 0 Å². The number of hydrogen-bond donors (Lipinski definition) is 1. The molecule has 2 heterocycles. The van der Waals surface area contributed by atoms with Gasteiger partial charge in [-0.2, -0.15) is 0 Å². The number of hydrogen-bond acceptors (Lipinski definition) is 7. The number of halogens is 1. The SMILES string of the molecule is COc1cc(/C=C2\C(=O)NC(=O)N(c3ccc4c(c3)OCO4)C2=O)cc(Br)c1OCc1ccccc1. The van der Waals surface area contributed by atoms with Crippen LogP contribution < -0.4 is 29.2 Å². The predicted molar refractivity (Wildman–Crippen MR) is 133 cm³/mol. The van der Waals surface area contributed by atoms with E-state index in [-0.39, 0.29) is 18.1 Å².